The summed E-state index contributed by atoms with van der Waals surface area (Å²) >= 11 is 0. The van der Waals surface area contributed by atoms with E-state index < -0.39 is 0 Å². The Balaban J connectivity index is 3.38. The molecule has 0 fully saturated rings. The van der Waals surface area contributed by atoms with Gasteiger partial charge in [0.2, 0.25) is 0 Å². The average molecular weight is 188 g/mol. The molecular formula is C9H20N2O2. The minimum Gasteiger partial charge on any atom is -0.465 e. The van der Waals surface area contributed by atoms with E-state index in [1.54, 1.807) is 0 Å². The fourth-order valence-corrected chi connectivity index (χ4v) is 1.03. The summed E-state index contributed by atoms with van der Waals surface area (Å²) in [7, 11) is 3.85. The molecule has 0 rings (SSSR count). The second kappa shape index (κ2) is 8.01. The normalized spacial score (nSPS) is 10.5. The summed E-state index contributed by atoms with van der Waals surface area (Å²) in [4.78, 5) is 13.0. The predicted molar refractivity (Wildman–Crippen MR) is 52.7 cm³/mol. The highest BCUT2D eigenvalue weighted by Crippen LogP contribution is 1.88. The Morgan fingerprint density at radius 1 is 1.54 bits per heavy atom. The summed E-state index contributed by atoms with van der Waals surface area (Å²) in [5.41, 5.74) is 0. The predicted octanol–water partition coefficient (Wildman–Crippen LogP) is 0.0908. The zero-order chi connectivity index (χ0) is 10.1. The number of nitrogens with zero attached hydrogens (tertiary/aromatic N) is 1. The molecule has 0 saturated heterocycles. The van der Waals surface area contributed by atoms with Gasteiger partial charge in [-0.15, -0.1) is 0 Å². The average Bonchev–Trinajstić information content (AvgIpc) is 2.05. The lowest BCUT2D eigenvalue weighted by Crippen LogP contribution is -2.29. The third kappa shape index (κ3) is 7.74. The van der Waals surface area contributed by atoms with Crippen LogP contribution >= 0.6 is 0 Å². The highest BCUT2D eigenvalue weighted by molar-refractivity contribution is 5.71. The van der Waals surface area contributed by atoms with E-state index in [-0.39, 0.29) is 5.97 Å². The first-order valence-electron chi connectivity index (χ1n) is 4.69. The maximum Gasteiger partial charge on any atom is 0.320 e. The Kier molecular flexibility index (Phi) is 7.63. The smallest absolute Gasteiger partial charge is 0.320 e. The molecule has 0 atom stereocenters. The molecule has 13 heavy (non-hydrogen) atoms. The van der Waals surface area contributed by atoms with Gasteiger partial charge in [0.25, 0.3) is 0 Å². The van der Waals surface area contributed by atoms with Gasteiger partial charge in [0.15, 0.2) is 0 Å². The molecule has 1 N–H and O–H groups in total. The highest BCUT2D eigenvalue weighted by Gasteiger charge is 2.05. The number of hydrogen-bond donors (Lipinski definition) is 1. The van der Waals surface area contributed by atoms with Crippen LogP contribution in [0, 0.1) is 0 Å². The number of esters is 1. The highest BCUT2D eigenvalue weighted by atomic mass is 16.5. The molecule has 0 radical (unpaired) electrons. The van der Waals surface area contributed by atoms with Crippen molar-refractivity contribution in [2.24, 2.45) is 0 Å². The van der Waals surface area contributed by atoms with Crippen LogP contribution in [0.1, 0.15) is 13.3 Å². The van der Waals surface area contributed by atoms with Crippen molar-refractivity contribution in [3.63, 3.8) is 0 Å². The summed E-state index contributed by atoms with van der Waals surface area (Å²) in [5.74, 6) is -0.144. The lowest BCUT2D eigenvalue weighted by Gasteiger charge is -2.14. The van der Waals surface area contributed by atoms with Crippen LogP contribution in [0.4, 0.5) is 0 Å². The topological polar surface area (TPSA) is 41.6 Å². The van der Waals surface area contributed by atoms with Crippen LogP contribution in [0.2, 0.25) is 0 Å². The monoisotopic (exact) mass is 188 g/mol. The number of carbonyl (C=O) groups is 1. The zero-order valence-corrected chi connectivity index (χ0v) is 8.80. The first kappa shape index (κ1) is 12.4. The molecule has 0 heterocycles. The van der Waals surface area contributed by atoms with E-state index >= 15 is 0 Å². The fraction of sp³-hybridized carbons (Fsp3) is 0.889. The SMILES string of the molecule is CCOC(=O)CN(C)CCCNC. The first-order chi connectivity index (χ1) is 6.20. The van der Waals surface area contributed by atoms with Gasteiger partial charge in [0.1, 0.15) is 0 Å². The van der Waals surface area contributed by atoms with E-state index in [0.29, 0.717) is 13.2 Å². The standard InChI is InChI=1S/C9H20N2O2/c1-4-13-9(12)8-11(3)7-5-6-10-2/h10H,4-8H2,1-3H3. The Bertz CT molecular complexity index is 140. The minimum atomic E-state index is -0.144. The van der Waals surface area contributed by atoms with Gasteiger partial charge in [-0.1, -0.05) is 0 Å². The Hall–Kier alpha value is -0.610. The Labute approximate surface area is 80.2 Å². The van der Waals surface area contributed by atoms with Gasteiger partial charge < -0.3 is 10.1 Å². The van der Waals surface area contributed by atoms with Gasteiger partial charge in [-0.2, -0.15) is 0 Å². The molecule has 0 aliphatic carbocycles. The summed E-state index contributed by atoms with van der Waals surface area (Å²) in [6, 6.07) is 0. The van der Waals surface area contributed by atoms with Crippen LogP contribution in [0.3, 0.4) is 0 Å². The molecule has 0 aromatic heterocycles. The maximum absolute atomic E-state index is 11.0. The lowest BCUT2D eigenvalue weighted by molar-refractivity contribution is -0.144. The van der Waals surface area contributed by atoms with Crippen LogP contribution in [0.5, 0.6) is 0 Å². The van der Waals surface area contributed by atoms with Crippen LogP contribution in [-0.4, -0.2) is 51.2 Å². The second-order valence-electron chi connectivity index (χ2n) is 3.00. The van der Waals surface area contributed by atoms with Crippen LogP contribution < -0.4 is 5.32 Å². The largest absolute Gasteiger partial charge is 0.465 e. The van der Waals surface area contributed by atoms with Gasteiger partial charge >= 0.3 is 5.97 Å². The first-order valence-corrected chi connectivity index (χ1v) is 4.69. The van der Waals surface area contributed by atoms with E-state index in [9.17, 15) is 4.79 Å². The van der Waals surface area contributed by atoms with Crippen molar-refractivity contribution in [2.45, 2.75) is 13.3 Å². The molecule has 0 saturated carbocycles. The molecule has 0 spiro atoms. The van der Waals surface area contributed by atoms with Crippen LogP contribution in [0.25, 0.3) is 0 Å². The third-order valence-corrected chi connectivity index (χ3v) is 1.67. The van der Waals surface area contributed by atoms with Crippen molar-refractivity contribution in [3.8, 4) is 0 Å². The third-order valence-electron chi connectivity index (χ3n) is 1.67. The van der Waals surface area contributed by atoms with Gasteiger partial charge in [-0.25, -0.2) is 0 Å². The molecule has 0 bridgehead atoms. The second-order valence-corrected chi connectivity index (χ2v) is 3.00. The number of nitrogens with one attached hydrogen (secondary N) is 1. The summed E-state index contributed by atoms with van der Waals surface area (Å²) in [5, 5.41) is 3.06. The number of likely N-dealkylation sites (N-methyl/N-ethyl adjacent to an activating group) is 1. The number of carbonyl (C=O) groups excluding carboxylic acids is 1. The molecule has 4 heteroatoms. The summed E-state index contributed by atoms with van der Waals surface area (Å²) < 4.78 is 4.82. The molecule has 0 unspecified atom stereocenters. The van der Waals surface area contributed by atoms with E-state index in [2.05, 4.69) is 5.32 Å². The number of ether oxygens (including phenoxy) is 1. The van der Waals surface area contributed by atoms with Gasteiger partial charge in [-0.3, -0.25) is 9.69 Å². The number of hydrogen-bond acceptors (Lipinski definition) is 4. The van der Waals surface area contributed by atoms with Crippen molar-refractivity contribution in [1.82, 2.24) is 10.2 Å². The van der Waals surface area contributed by atoms with Crippen molar-refractivity contribution in [1.29, 1.82) is 0 Å². The quantitative estimate of drug-likeness (QED) is 0.454. The van der Waals surface area contributed by atoms with E-state index in [4.69, 9.17) is 4.74 Å². The molecule has 0 aliphatic rings. The summed E-state index contributed by atoms with van der Waals surface area (Å²) in [6.45, 7) is 4.56. The Morgan fingerprint density at radius 3 is 2.77 bits per heavy atom. The molecule has 0 aromatic carbocycles. The molecular weight excluding hydrogens is 168 g/mol. The van der Waals surface area contributed by atoms with Gasteiger partial charge in [0, 0.05) is 0 Å². The van der Waals surface area contributed by atoms with Crippen molar-refractivity contribution in [3.05, 3.63) is 0 Å². The van der Waals surface area contributed by atoms with Gasteiger partial charge in [0.05, 0.1) is 13.2 Å². The van der Waals surface area contributed by atoms with Crippen LogP contribution in [-0.2, 0) is 9.53 Å². The van der Waals surface area contributed by atoms with Crippen molar-refractivity contribution in [2.75, 3.05) is 40.3 Å². The number of rotatable bonds is 7. The molecule has 0 aromatic rings. The molecule has 4 nitrogen and oxygen atoms in total. The molecule has 0 amide bonds. The van der Waals surface area contributed by atoms with Crippen molar-refractivity contribution >= 4 is 5.97 Å². The lowest BCUT2D eigenvalue weighted by atomic mass is 10.4. The molecule has 0 aliphatic heterocycles. The van der Waals surface area contributed by atoms with E-state index in [0.717, 1.165) is 19.5 Å². The Morgan fingerprint density at radius 2 is 2.23 bits per heavy atom. The van der Waals surface area contributed by atoms with E-state index in [1.807, 2.05) is 25.9 Å². The van der Waals surface area contributed by atoms with Gasteiger partial charge in [-0.05, 0) is 40.5 Å². The summed E-state index contributed by atoms with van der Waals surface area (Å²) in [6.07, 6.45) is 1.05. The molecule has 78 valence electrons. The van der Waals surface area contributed by atoms with Crippen LogP contribution in [0.15, 0.2) is 0 Å². The van der Waals surface area contributed by atoms with Crippen molar-refractivity contribution < 1.29 is 9.53 Å². The minimum absolute atomic E-state index is 0.144. The van der Waals surface area contributed by atoms with E-state index in [1.165, 1.54) is 0 Å². The maximum atomic E-state index is 11.0. The fourth-order valence-electron chi connectivity index (χ4n) is 1.03. The zero-order valence-electron chi connectivity index (χ0n) is 8.80.